The van der Waals surface area contributed by atoms with Crippen LogP contribution in [-0.4, -0.2) is 44.3 Å². The highest BCUT2D eigenvalue weighted by Crippen LogP contribution is 2.23. The Morgan fingerprint density at radius 1 is 1.36 bits per heavy atom. The van der Waals surface area contributed by atoms with E-state index in [1.165, 1.54) is 0 Å². The molecule has 1 fully saturated rings. The summed E-state index contributed by atoms with van der Waals surface area (Å²) in [6, 6.07) is -0.667. The lowest BCUT2D eigenvalue weighted by molar-refractivity contribution is -0.153. The minimum atomic E-state index is -0.894. The Hall–Kier alpha value is -1.85. The van der Waals surface area contributed by atoms with E-state index in [1.54, 1.807) is 4.90 Å². The van der Waals surface area contributed by atoms with Crippen LogP contribution in [-0.2, 0) is 23.1 Å². The van der Waals surface area contributed by atoms with Crippen LogP contribution >= 0.6 is 0 Å². The number of aromatic nitrogens is 2. The summed E-state index contributed by atoms with van der Waals surface area (Å²) in [6.07, 6.45) is 2.91. The number of hydrogen-bond acceptors (Lipinski definition) is 3. The quantitative estimate of drug-likeness (QED) is 0.918. The highest BCUT2D eigenvalue weighted by Gasteiger charge is 2.34. The summed E-state index contributed by atoms with van der Waals surface area (Å²) in [5.74, 6) is -1.19. The Bertz CT molecular complexity index is 579. The van der Waals surface area contributed by atoms with E-state index in [0.717, 1.165) is 29.8 Å². The molecular formula is C16H25N3O3. The van der Waals surface area contributed by atoms with Crippen molar-refractivity contribution < 1.29 is 14.7 Å². The number of likely N-dealkylation sites (tertiary alicyclic amines) is 1. The largest absolute Gasteiger partial charge is 0.480 e. The molecule has 1 aromatic rings. The lowest BCUT2D eigenvalue weighted by Crippen LogP contribution is -2.50. The van der Waals surface area contributed by atoms with Crippen molar-refractivity contribution in [2.45, 2.75) is 52.5 Å². The maximum Gasteiger partial charge on any atom is 0.326 e. The van der Waals surface area contributed by atoms with E-state index in [-0.39, 0.29) is 11.8 Å². The van der Waals surface area contributed by atoms with E-state index in [0.29, 0.717) is 19.4 Å². The van der Waals surface area contributed by atoms with Gasteiger partial charge in [-0.25, -0.2) is 4.79 Å². The first kappa shape index (κ1) is 16.5. The maximum atomic E-state index is 12.7. The summed E-state index contributed by atoms with van der Waals surface area (Å²) in [4.78, 5) is 25.6. The third-order valence-corrected chi connectivity index (χ3v) is 4.66. The molecule has 0 bridgehead atoms. The Kier molecular flexibility index (Phi) is 4.88. The lowest BCUT2D eigenvalue weighted by atomic mass is 9.95. The van der Waals surface area contributed by atoms with E-state index >= 15 is 0 Å². The normalized spacial score (nSPS) is 20.0. The Morgan fingerprint density at radius 3 is 2.59 bits per heavy atom. The molecule has 1 saturated heterocycles. The first-order valence-electron chi connectivity index (χ1n) is 7.85. The van der Waals surface area contributed by atoms with E-state index in [1.807, 2.05) is 32.5 Å². The molecule has 6 heteroatoms. The second-order valence-corrected chi connectivity index (χ2v) is 6.26. The van der Waals surface area contributed by atoms with Gasteiger partial charge in [-0.1, -0.05) is 6.92 Å². The molecule has 1 amide bonds. The fourth-order valence-electron chi connectivity index (χ4n) is 3.24. The monoisotopic (exact) mass is 307 g/mol. The molecule has 0 saturated carbocycles. The van der Waals surface area contributed by atoms with Gasteiger partial charge in [0.1, 0.15) is 6.04 Å². The zero-order valence-corrected chi connectivity index (χ0v) is 13.8. The second-order valence-electron chi connectivity index (χ2n) is 6.26. The van der Waals surface area contributed by atoms with Crippen molar-refractivity contribution >= 4 is 11.9 Å². The van der Waals surface area contributed by atoms with Gasteiger partial charge in [0.05, 0.1) is 5.69 Å². The van der Waals surface area contributed by atoms with Gasteiger partial charge >= 0.3 is 5.97 Å². The number of piperidine rings is 1. The minimum absolute atomic E-state index is 0.0604. The zero-order chi connectivity index (χ0) is 16.4. The predicted octanol–water partition coefficient (Wildman–Crippen LogP) is 1.68. The average molecular weight is 307 g/mol. The predicted molar refractivity (Wildman–Crippen MR) is 82.5 cm³/mol. The molecule has 1 aliphatic rings. The van der Waals surface area contributed by atoms with Gasteiger partial charge in [0, 0.05) is 25.2 Å². The van der Waals surface area contributed by atoms with Gasteiger partial charge in [-0.2, -0.15) is 5.10 Å². The summed E-state index contributed by atoms with van der Waals surface area (Å²) in [5.41, 5.74) is 3.09. The molecule has 22 heavy (non-hydrogen) atoms. The summed E-state index contributed by atoms with van der Waals surface area (Å²) < 4.78 is 1.82. The number of rotatable bonds is 4. The number of amides is 1. The fraction of sp³-hybridized carbons (Fsp3) is 0.688. The fourth-order valence-corrected chi connectivity index (χ4v) is 3.24. The van der Waals surface area contributed by atoms with E-state index < -0.39 is 12.0 Å². The Labute approximate surface area is 131 Å². The molecule has 2 heterocycles. The lowest BCUT2D eigenvalue weighted by Gasteiger charge is -2.34. The number of carbonyl (C=O) groups is 2. The van der Waals surface area contributed by atoms with Gasteiger partial charge in [0.25, 0.3) is 0 Å². The van der Waals surface area contributed by atoms with Gasteiger partial charge in [-0.15, -0.1) is 0 Å². The Morgan fingerprint density at radius 2 is 2.05 bits per heavy atom. The van der Waals surface area contributed by atoms with Crippen LogP contribution < -0.4 is 0 Å². The highest BCUT2D eigenvalue weighted by atomic mass is 16.4. The highest BCUT2D eigenvalue weighted by molar-refractivity contribution is 5.85. The van der Waals surface area contributed by atoms with Crippen molar-refractivity contribution in [3.63, 3.8) is 0 Å². The molecular weight excluding hydrogens is 282 g/mol. The average Bonchev–Trinajstić information content (AvgIpc) is 2.72. The van der Waals surface area contributed by atoms with Crippen molar-refractivity contribution in [1.29, 1.82) is 0 Å². The van der Waals surface area contributed by atoms with Crippen LogP contribution in [0, 0.1) is 19.8 Å². The Balaban J connectivity index is 2.12. The van der Waals surface area contributed by atoms with Crippen LogP contribution in [0.4, 0.5) is 0 Å². The first-order chi connectivity index (χ1) is 10.3. The van der Waals surface area contributed by atoms with E-state index in [9.17, 15) is 14.7 Å². The molecule has 0 unspecified atom stereocenters. The zero-order valence-electron chi connectivity index (χ0n) is 13.8. The van der Waals surface area contributed by atoms with Crippen molar-refractivity contribution in [3.05, 3.63) is 17.0 Å². The van der Waals surface area contributed by atoms with Crippen LogP contribution in [0.5, 0.6) is 0 Å². The molecule has 1 aliphatic heterocycles. The SMILES string of the molecule is Cc1nn(C)c(C)c1C[C@@H](C)C(=O)N1CCCC[C@H]1C(=O)O. The van der Waals surface area contributed by atoms with Crippen LogP contribution in [0.3, 0.4) is 0 Å². The summed E-state index contributed by atoms with van der Waals surface area (Å²) in [5, 5.41) is 13.7. The number of hydrogen-bond donors (Lipinski definition) is 1. The maximum absolute atomic E-state index is 12.7. The van der Waals surface area contributed by atoms with Crippen molar-refractivity contribution in [3.8, 4) is 0 Å². The second kappa shape index (κ2) is 6.50. The molecule has 6 nitrogen and oxygen atoms in total. The van der Waals surface area contributed by atoms with E-state index in [2.05, 4.69) is 5.10 Å². The molecule has 0 aliphatic carbocycles. The summed E-state index contributed by atoms with van der Waals surface area (Å²) in [7, 11) is 1.89. The third kappa shape index (κ3) is 3.15. The molecule has 1 N–H and O–H groups in total. The van der Waals surface area contributed by atoms with Crippen molar-refractivity contribution in [2.75, 3.05) is 6.54 Å². The number of nitrogens with zero attached hydrogens (tertiary/aromatic N) is 3. The summed E-state index contributed by atoms with van der Waals surface area (Å²) in [6.45, 7) is 6.36. The molecule has 122 valence electrons. The summed E-state index contributed by atoms with van der Waals surface area (Å²) >= 11 is 0. The molecule has 0 aromatic carbocycles. The van der Waals surface area contributed by atoms with Crippen LogP contribution in [0.2, 0.25) is 0 Å². The molecule has 2 rings (SSSR count). The van der Waals surface area contributed by atoms with E-state index in [4.69, 9.17) is 0 Å². The smallest absolute Gasteiger partial charge is 0.326 e. The number of carboxylic acids is 1. The van der Waals surface area contributed by atoms with Gasteiger partial charge in [0.2, 0.25) is 5.91 Å². The van der Waals surface area contributed by atoms with Crippen molar-refractivity contribution in [2.24, 2.45) is 13.0 Å². The number of aliphatic carboxylic acids is 1. The van der Waals surface area contributed by atoms with Crippen LogP contribution in [0.1, 0.15) is 43.1 Å². The van der Waals surface area contributed by atoms with Crippen molar-refractivity contribution in [1.82, 2.24) is 14.7 Å². The molecule has 1 aromatic heterocycles. The molecule has 2 atom stereocenters. The third-order valence-electron chi connectivity index (χ3n) is 4.66. The van der Waals surface area contributed by atoms with Gasteiger partial charge in [-0.05, 0) is 45.1 Å². The van der Waals surface area contributed by atoms with Crippen LogP contribution in [0.25, 0.3) is 0 Å². The molecule has 0 spiro atoms. The number of carbonyl (C=O) groups excluding carboxylic acids is 1. The van der Waals surface area contributed by atoms with Gasteiger partial charge < -0.3 is 10.0 Å². The molecule has 0 radical (unpaired) electrons. The minimum Gasteiger partial charge on any atom is -0.480 e. The van der Waals surface area contributed by atoms with Gasteiger partial charge in [0.15, 0.2) is 0 Å². The van der Waals surface area contributed by atoms with Gasteiger partial charge in [-0.3, -0.25) is 9.48 Å². The number of carboxylic acid groups (broad SMARTS) is 1. The van der Waals surface area contributed by atoms with Crippen LogP contribution in [0.15, 0.2) is 0 Å². The first-order valence-corrected chi connectivity index (χ1v) is 7.85. The standard InChI is InChI=1S/C16H25N3O3/c1-10(9-13-11(2)17-18(4)12(13)3)15(20)19-8-6-5-7-14(19)16(21)22/h10,14H,5-9H2,1-4H3,(H,21,22)/t10-,14+/m1/s1. The topological polar surface area (TPSA) is 75.4 Å². The number of aryl methyl sites for hydroxylation is 2.